The molecule has 134 valence electrons. The van der Waals surface area contributed by atoms with Gasteiger partial charge in [-0.05, 0) is 22.6 Å². The quantitative estimate of drug-likeness (QED) is 0.381. The first-order valence-corrected chi connectivity index (χ1v) is 12.2. The lowest BCUT2D eigenvalue weighted by atomic mass is 10.1. The van der Waals surface area contributed by atoms with Gasteiger partial charge in [0.1, 0.15) is 0 Å². The van der Waals surface area contributed by atoms with Gasteiger partial charge in [0, 0.05) is 0 Å². The van der Waals surface area contributed by atoms with Crippen LogP contribution in [-0.4, -0.2) is 8.07 Å². The predicted octanol–water partition coefficient (Wildman–Crippen LogP) is 7.11. The molecule has 0 bridgehead atoms. The average molecular weight is 353 g/mol. The van der Waals surface area contributed by atoms with Crippen molar-refractivity contribution in [1.82, 2.24) is 0 Å². The Morgan fingerprint density at radius 1 is 0.920 bits per heavy atom. The first kappa shape index (κ1) is 19.7. The topological polar surface area (TPSA) is 9.23 Å². The van der Waals surface area contributed by atoms with Crippen molar-refractivity contribution in [2.24, 2.45) is 0 Å². The molecule has 2 aromatic carbocycles. The van der Waals surface area contributed by atoms with Crippen LogP contribution in [0.15, 0.2) is 73.3 Å². The van der Waals surface area contributed by atoms with E-state index in [9.17, 15) is 0 Å². The van der Waals surface area contributed by atoms with E-state index < -0.39 is 8.07 Å². The van der Waals surface area contributed by atoms with Gasteiger partial charge in [0.25, 0.3) is 0 Å². The largest absolute Gasteiger partial charge is 0.369 e. The standard InChI is InChI=1S/C23H32OSi/c1-7-14-21(19-15-10-8-11-16-19)24-22(20-17-12-9-13-18-20)25(5,6)23(2,3)4/h7-13,15-18,21-22H,1,14H2,2-6H3/t21-,22-/m0/s1. The molecule has 0 aliphatic heterocycles. The van der Waals surface area contributed by atoms with Gasteiger partial charge >= 0.3 is 0 Å². The van der Waals surface area contributed by atoms with Gasteiger partial charge in [0.15, 0.2) is 0 Å². The Kier molecular flexibility index (Phi) is 6.42. The lowest BCUT2D eigenvalue weighted by Crippen LogP contribution is -2.45. The monoisotopic (exact) mass is 352 g/mol. The average Bonchev–Trinajstić information content (AvgIpc) is 2.59. The summed E-state index contributed by atoms with van der Waals surface area (Å²) >= 11 is 0. The zero-order valence-corrected chi connectivity index (χ0v) is 17.3. The molecule has 0 N–H and O–H groups in total. The van der Waals surface area contributed by atoms with E-state index in [1.165, 1.54) is 11.1 Å². The molecule has 0 fully saturated rings. The molecule has 2 aromatic rings. The number of hydrogen-bond acceptors (Lipinski definition) is 1. The van der Waals surface area contributed by atoms with Crippen molar-refractivity contribution in [3.63, 3.8) is 0 Å². The molecule has 0 aliphatic rings. The Bertz CT molecular complexity index is 655. The summed E-state index contributed by atoms with van der Waals surface area (Å²) < 4.78 is 6.84. The molecule has 0 radical (unpaired) electrons. The lowest BCUT2D eigenvalue weighted by molar-refractivity contribution is 0.0226. The molecule has 2 rings (SSSR count). The van der Waals surface area contributed by atoms with E-state index in [4.69, 9.17) is 4.74 Å². The highest BCUT2D eigenvalue weighted by Gasteiger charge is 2.44. The van der Waals surface area contributed by atoms with Gasteiger partial charge in [-0.1, -0.05) is 101 Å². The fourth-order valence-electron chi connectivity index (χ4n) is 2.94. The Hall–Kier alpha value is -1.64. The molecular formula is C23H32OSi. The van der Waals surface area contributed by atoms with Gasteiger partial charge < -0.3 is 4.74 Å². The first-order valence-electron chi connectivity index (χ1n) is 9.13. The smallest absolute Gasteiger partial charge is 0.0926 e. The molecular weight excluding hydrogens is 320 g/mol. The Morgan fingerprint density at radius 3 is 1.84 bits per heavy atom. The zero-order valence-electron chi connectivity index (χ0n) is 16.3. The highest BCUT2D eigenvalue weighted by atomic mass is 28.3. The van der Waals surface area contributed by atoms with Crippen LogP contribution in [0.4, 0.5) is 0 Å². The van der Waals surface area contributed by atoms with Gasteiger partial charge in [-0.3, -0.25) is 0 Å². The molecule has 0 heterocycles. The van der Waals surface area contributed by atoms with E-state index in [1.54, 1.807) is 0 Å². The number of rotatable bonds is 7. The Morgan fingerprint density at radius 2 is 1.40 bits per heavy atom. The SMILES string of the molecule is C=CC[C@H](O[C@H](c1ccccc1)[Si](C)(C)C(C)(C)C)c1ccccc1. The van der Waals surface area contributed by atoms with Gasteiger partial charge in [-0.15, -0.1) is 6.58 Å². The molecule has 1 nitrogen and oxygen atoms in total. The van der Waals surface area contributed by atoms with Gasteiger partial charge in [-0.2, -0.15) is 0 Å². The van der Waals surface area contributed by atoms with Crippen LogP contribution < -0.4 is 0 Å². The van der Waals surface area contributed by atoms with Crippen LogP contribution in [0.3, 0.4) is 0 Å². The molecule has 25 heavy (non-hydrogen) atoms. The molecule has 0 unspecified atom stereocenters. The van der Waals surface area contributed by atoms with Crippen LogP contribution in [0.5, 0.6) is 0 Å². The van der Waals surface area contributed by atoms with Crippen molar-refractivity contribution in [1.29, 1.82) is 0 Å². The number of ether oxygens (including phenoxy) is 1. The third-order valence-corrected chi connectivity index (χ3v) is 11.2. The van der Waals surface area contributed by atoms with Crippen molar-refractivity contribution < 1.29 is 4.74 Å². The maximum Gasteiger partial charge on any atom is 0.0926 e. The Labute approximate surface area is 154 Å². The van der Waals surface area contributed by atoms with Crippen LogP contribution in [0.25, 0.3) is 0 Å². The van der Waals surface area contributed by atoms with E-state index >= 15 is 0 Å². The summed E-state index contributed by atoms with van der Waals surface area (Å²) in [5.41, 5.74) is 2.65. The summed E-state index contributed by atoms with van der Waals surface area (Å²) in [5, 5.41) is 0.239. The minimum absolute atomic E-state index is 0.0398. The molecule has 0 saturated carbocycles. The minimum atomic E-state index is -1.76. The highest BCUT2D eigenvalue weighted by Crippen LogP contribution is 2.47. The molecule has 0 saturated heterocycles. The second-order valence-electron chi connectivity index (χ2n) is 8.32. The van der Waals surface area contributed by atoms with E-state index in [-0.39, 0.29) is 16.9 Å². The molecule has 2 heteroatoms. The second-order valence-corrected chi connectivity index (χ2v) is 13.8. The lowest BCUT2D eigenvalue weighted by Gasteiger charge is -2.44. The van der Waals surface area contributed by atoms with Crippen LogP contribution in [0, 0.1) is 0 Å². The van der Waals surface area contributed by atoms with Gasteiger partial charge in [0.05, 0.1) is 19.9 Å². The highest BCUT2D eigenvalue weighted by molar-refractivity contribution is 6.81. The molecule has 0 aromatic heterocycles. The second kappa shape index (κ2) is 8.16. The minimum Gasteiger partial charge on any atom is -0.369 e. The van der Waals surface area contributed by atoms with Crippen LogP contribution in [-0.2, 0) is 4.74 Å². The number of benzene rings is 2. The third-order valence-electron chi connectivity index (χ3n) is 5.54. The van der Waals surface area contributed by atoms with Crippen molar-refractivity contribution in [2.75, 3.05) is 0 Å². The predicted molar refractivity (Wildman–Crippen MR) is 111 cm³/mol. The molecule has 0 aliphatic carbocycles. The fourth-order valence-corrected chi connectivity index (χ4v) is 5.26. The maximum absolute atomic E-state index is 6.84. The summed E-state index contributed by atoms with van der Waals surface area (Å²) in [6.45, 7) is 15.9. The van der Waals surface area contributed by atoms with E-state index in [2.05, 4.69) is 101 Å². The summed E-state index contributed by atoms with van der Waals surface area (Å²) in [5.74, 6) is 0. The zero-order chi connectivity index (χ0) is 18.5. The molecule has 0 amide bonds. The summed E-state index contributed by atoms with van der Waals surface area (Å²) in [4.78, 5) is 0. The molecule has 2 atom stereocenters. The first-order chi connectivity index (χ1) is 11.8. The van der Waals surface area contributed by atoms with Crippen molar-refractivity contribution in [2.45, 2.75) is 57.2 Å². The van der Waals surface area contributed by atoms with E-state index in [0.717, 1.165) is 6.42 Å². The third kappa shape index (κ3) is 4.71. The fraction of sp³-hybridized carbons (Fsp3) is 0.391. The normalized spacial score (nSPS) is 14.8. The van der Waals surface area contributed by atoms with Crippen molar-refractivity contribution >= 4 is 8.07 Å². The Balaban J connectivity index is 2.43. The summed E-state index contributed by atoms with van der Waals surface area (Å²) in [6, 6.07) is 21.2. The summed E-state index contributed by atoms with van der Waals surface area (Å²) in [6.07, 6.45) is 2.82. The van der Waals surface area contributed by atoms with Crippen LogP contribution >= 0.6 is 0 Å². The van der Waals surface area contributed by atoms with E-state index in [0.29, 0.717) is 0 Å². The van der Waals surface area contributed by atoms with E-state index in [1.807, 2.05) is 6.08 Å². The maximum atomic E-state index is 6.84. The molecule has 0 spiro atoms. The van der Waals surface area contributed by atoms with Crippen molar-refractivity contribution in [3.8, 4) is 0 Å². The van der Waals surface area contributed by atoms with Crippen molar-refractivity contribution in [3.05, 3.63) is 84.4 Å². The van der Waals surface area contributed by atoms with Crippen LogP contribution in [0.2, 0.25) is 18.1 Å². The number of hydrogen-bond donors (Lipinski definition) is 0. The van der Waals surface area contributed by atoms with Gasteiger partial charge in [0.2, 0.25) is 0 Å². The van der Waals surface area contributed by atoms with Gasteiger partial charge in [-0.25, -0.2) is 0 Å². The van der Waals surface area contributed by atoms with Crippen LogP contribution in [0.1, 0.15) is 50.2 Å². The summed E-state index contributed by atoms with van der Waals surface area (Å²) in [7, 11) is -1.76.